The molecular weight excluding hydrogens is 236 g/mol. The van der Waals surface area contributed by atoms with E-state index < -0.39 is 28.1 Å². The highest BCUT2D eigenvalue weighted by atomic mass is 32.2. The minimum absolute atomic E-state index is 0.336. The van der Waals surface area contributed by atoms with Crippen LogP contribution in [0.3, 0.4) is 0 Å². The summed E-state index contributed by atoms with van der Waals surface area (Å²) in [6, 6.07) is -0.336. The molecular formula is C6H11F2NO5S. The lowest BCUT2D eigenvalue weighted by Crippen LogP contribution is -2.38. The number of rotatable bonds is 4. The van der Waals surface area contributed by atoms with Crippen molar-refractivity contribution in [2.75, 3.05) is 6.61 Å². The van der Waals surface area contributed by atoms with Crippen LogP contribution in [0.4, 0.5) is 13.6 Å². The second-order valence-corrected chi connectivity index (χ2v) is 4.53. The zero-order valence-corrected chi connectivity index (χ0v) is 8.85. The highest BCUT2D eigenvalue weighted by Gasteiger charge is 2.45. The fourth-order valence-electron chi connectivity index (χ4n) is 0.501. The van der Waals surface area contributed by atoms with Crippen LogP contribution in [-0.4, -0.2) is 37.0 Å². The van der Waals surface area contributed by atoms with Crippen molar-refractivity contribution in [3.8, 4) is 0 Å². The molecule has 6 nitrogen and oxygen atoms in total. The highest BCUT2D eigenvalue weighted by molar-refractivity contribution is 7.86. The molecule has 1 amide bonds. The third-order valence-corrected chi connectivity index (χ3v) is 2.03. The maximum Gasteiger partial charge on any atom is 0.407 e. The lowest BCUT2D eigenvalue weighted by molar-refractivity contribution is 0.00691. The number of nitrogens with one attached hydrogen (secondary N) is 1. The van der Waals surface area contributed by atoms with Crippen LogP contribution in [0.2, 0.25) is 0 Å². The van der Waals surface area contributed by atoms with Gasteiger partial charge in [-0.05, 0) is 13.8 Å². The van der Waals surface area contributed by atoms with E-state index in [-0.39, 0.29) is 6.04 Å². The van der Waals surface area contributed by atoms with Crippen molar-refractivity contribution in [1.82, 2.24) is 5.32 Å². The molecule has 2 N–H and O–H groups in total. The Balaban J connectivity index is 4.23. The fourth-order valence-corrected chi connectivity index (χ4v) is 0.709. The maximum atomic E-state index is 12.5. The van der Waals surface area contributed by atoms with Crippen LogP contribution in [0.15, 0.2) is 0 Å². The summed E-state index contributed by atoms with van der Waals surface area (Å²) in [6.45, 7) is 1.38. The maximum absolute atomic E-state index is 12.5. The Kier molecular flexibility index (Phi) is 4.41. The minimum atomic E-state index is -5.56. The Labute approximate surface area is 85.3 Å². The number of hydrogen-bond acceptors (Lipinski definition) is 4. The first-order valence-electron chi connectivity index (χ1n) is 3.84. The SMILES string of the molecule is CC(C)NC(=O)OCC(F)(F)S(=O)(=O)O. The van der Waals surface area contributed by atoms with E-state index in [0.717, 1.165) is 0 Å². The molecule has 90 valence electrons. The van der Waals surface area contributed by atoms with Crippen molar-refractivity contribution < 1.29 is 31.3 Å². The summed E-state index contributed by atoms with van der Waals surface area (Å²) in [7, 11) is -5.56. The normalized spacial score (nSPS) is 12.7. The summed E-state index contributed by atoms with van der Waals surface area (Å²) < 4.78 is 57.1. The average molecular weight is 247 g/mol. The predicted molar refractivity (Wildman–Crippen MR) is 46.1 cm³/mol. The largest absolute Gasteiger partial charge is 0.442 e. The highest BCUT2D eigenvalue weighted by Crippen LogP contribution is 2.20. The van der Waals surface area contributed by atoms with Crippen molar-refractivity contribution in [2.24, 2.45) is 0 Å². The van der Waals surface area contributed by atoms with Crippen LogP contribution in [0, 0.1) is 0 Å². The van der Waals surface area contributed by atoms with Gasteiger partial charge in [-0.25, -0.2) is 4.79 Å². The van der Waals surface area contributed by atoms with Gasteiger partial charge < -0.3 is 10.1 Å². The Morgan fingerprint density at radius 2 is 2.00 bits per heavy atom. The van der Waals surface area contributed by atoms with E-state index >= 15 is 0 Å². The molecule has 0 bridgehead atoms. The van der Waals surface area contributed by atoms with E-state index in [1.807, 2.05) is 0 Å². The smallest absolute Gasteiger partial charge is 0.407 e. The lowest BCUT2D eigenvalue weighted by atomic mass is 10.4. The van der Waals surface area contributed by atoms with E-state index in [9.17, 15) is 22.0 Å². The molecule has 9 heteroatoms. The predicted octanol–water partition coefficient (Wildman–Crippen LogP) is 0.602. The monoisotopic (exact) mass is 247 g/mol. The van der Waals surface area contributed by atoms with E-state index in [4.69, 9.17) is 4.55 Å². The quantitative estimate of drug-likeness (QED) is 0.710. The average Bonchev–Trinajstić information content (AvgIpc) is 1.97. The molecule has 0 rings (SSSR count). The van der Waals surface area contributed by atoms with Crippen LogP contribution in [0.5, 0.6) is 0 Å². The number of halogens is 2. The van der Waals surface area contributed by atoms with Crippen LogP contribution < -0.4 is 5.32 Å². The number of amides is 1. The molecule has 0 aromatic carbocycles. The van der Waals surface area contributed by atoms with Gasteiger partial charge in [-0.2, -0.15) is 17.2 Å². The van der Waals surface area contributed by atoms with E-state index in [2.05, 4.69) is 10.1 Å². The Morgan fingerprint density at radius 3 is 2.33 bits per heavy atom. The molecule has 0 radical (unpaired) electrons. The van der Waals surface area contributed by atoms with Crippen molar-refractivity contribution in [3.05, 3.63) is 0 Å². The third kappa shape index (κ3) is 4.88. The van der Waals surface area contributed by atoms with Crippen LogP contribution >= 0.6 is 0 Å². The zero-order chi connectivity index (χ0) is 12.3. The Hall–Kier alpha value is -0.960. The van der Waals surface area contributed by atoms with Crippen molar-refractivity contribution in [3.63, 3.8) is 0 Å². The first-order valence-corrected chi connectivity index (χ1v) is 5.28. The second-order valence-electron chi connectivity index (χ2n) is 2.99. The molecule has 0 unspecified atom stereocenters. The molecule has 0 aliphatic rings. The number of alkyl carbamates (subject to hydrolysis) is 1. The van der Waals surface area contributed by atoms with Crippen LogP contribution in [0.1, 0.15) is 13.8 Å². The van der Waals surface area contributed by atoms with E-state index in [1.165, 1.54) is 0 Å². The molecule has 0 saturated heterocycles. The van der Waals surface area contributed by atoms with Gasteiger partial charge >= 0.3 is 21.5 Å². The first kappa shape index (κ1) is 14.0. The summed E-state index contributed by atoms with van der Waals surface area (Å²) in [5.74, 6) is 0. The molecule has 0 aliphatic heterocycles. The minimum Gasteiger partial charge on any atom is -0.442 e. The van der Waals surface area contributed by atoms with Gasteiger partial charge in [-0.1, -0.05) is 0 Å². The first-order chi connectivity index (χ1) is 6.56. The third-order valence-electron chi connectivity index (χ3n) is 1.16. The van der Waals surface area contributed by atoms with Gasteiger partial charge in [0.05, 0.1) is 0 Å². The van der Waals surface area contributed by atoms with Gasteiger partial charge in [-0.15, -0.1) is 0 Å². The Bertz CT molecular complexity index is 326. The molecule has 0 aromatic heterocycles. The molecule has 0 saturated carbocycles. The fraction of sp³-hybridized carbons (Fsp3) is 0.833. The molecule has 0 fully saturated rings. The van der Waals surface area contributed by atoms with Gasteiger partial charge in [0, 0.05) is 6.04 Å². The van der Waals surface area contributed by atoms with Gasteiger partial charge in [0.1, 0.15) is 0 Å². The van der Waals surface area contributed by atoms with Crippen LogP contribution in [0.25, 0.3) is 0 Å². The standard InChI is InChI=1S/C6H11F2NO5S/c1-4(2)9-5(10)14-3-6(7,8)15(11,12)13/h4H,3H2,1-2H3,(H,9,10)(H,11,12,13). The topological polar surface area (TPSA) is 92.7 Å². The van der Waals surface area contributed by atoms with Crippen LogP contribution in [-0.2, 0) is 14.9 Å². The molecule has 0 aromatic rings. The van der Waals surface area contributed by atoms with E-state index in [0.29, 0.717) is 0 Å². The summed E-state index contributed by atoms with van der Waals surface area (Å²) >= 11 is 0. The number of alkyl halides is 2. The van der Waals surface area contributed by atoms with Gasteiger partial charge in [-0.3, -0.25) is 4.55 Å². The summed E-state index contributed by atoms with van der Waals surface area (Å²) in [4.78, 5) is 10.7. The van der Waals surface area contributed by atoms with Gasteiger partial charge in [0.25, 0.3) is 0 Å². The van der Waals surface area contributed by atoms with Gasteiger partial charge in [0.15, 0.2) is 6.61 Å². The van der Waals surface area contributed by atoms with Crippen molar-refractivity contribution in [1.29, 1.82) is 0 Å². The summed E-state index contributed by atoms with van der Waals surface area (Å²) in [5, 5.41) is -2.40. The summed E-state index contributed by atoms with van der Waals surface area (Å²) in [6.07, 6.45) is -1.19. The number of carbonyl (C=O) groups excluding carboxylic acids is 1. The molecule has 0 aliphatic carbocycles. The van der Waals surface area contributed by atoms with E-state index in [1.54, 1.807) is 13.8 Å². The Morgan fingerprint density at radius 1 is 1.53 bits per heavy atom. The lowest BCUT2D eigenvalue weighted by Gasteiger charge is -2.14. The van der Waals surface area contributed by atoms with Crippen molar-refractivity contribution >= 4 is 16.2 Å². The van der Waals surface area contributed by atoms with Gasteiger partial charge in [0.2, 0.25) is 0 Å². The molecule has 0 atom stereocenters. The number of ether oxygens (including phenoxy) is 1. The van der Waals surface area contributed by atoms with Crippen molar-refractivity contribution in [2.45, 2.75) is 25.1 Å². The molecule has 0 spiro atoms. The molecule has 15 heavy (non-hydrogen) atoms. The zero-order valence-electron chi connectivity index (χ0n) is 8.03. The number of carbonyl (C=O) groups is 1. The second kappa shape index (κ2) is 4.71. The number of hydrogen-bond donors (Lipinski definition) is 2. The summed E-state index contributed by atoms with van der Waals surface area (Å²) in [5.41, 5.74) is 0. The molecule has 0 heterocycles.